The molecule has 0 amide bonds. The van der Waals surface area contributed by atoms with E-state index in [1.807, 2.05) is 24.0 Å². The quantitative estimate of drug-likeness (QED) is 0.798. The number of hydrogen-bond donors (Lipinski definition) is 1. The Balaban J connectivity index is 1.88. The number of aromatic nitrogens is 2. The zero-order valence-electron chi connectivity index (χ0n) is 9.22. The van der Waals surface area contributed by atoms with Crippen LogP contribution in [0.2, 0.25) is 0 Å². The van der Waals surface area contributed by atoms with Gasteiger partial charge in [0.1, 0.15) is 0 Å². The number of nitrogens with zero attached hydrogens (tertiary/aromatic N) is 2. The maximum absolute atomic E-state index is 6.18. The fourth-order valence-electron chi connectivity index (χ4n) is 2.12. The van der Waals surface area contributed by atoms with Crippen LogP contribution in [0.15, 0.2) is 12.3 Å². The van der Waals surface area contributed by atoms with Crippen LogP contribution in [0.5, 0.6) is 0 Å². The summed E-state index contributed by atoms with van der Waals surface area (Å²) < 4.78 is 7.15. The standard InChI is InChI=1S/C11H19N3O/c1-14-5-2-10(13-14)8-11(12)9-3-6-15-7-4-9/h2,5,9,11H,3-4,6-8,12H2,1H3. The molecule has 2 rings (SSSR count). The largest absolute Gasteiger partial charge is 0.381 e. The molecule has 4 heteroatoms. The van der Waals surface area contributed by atoms with Crippen molar-refractivity contribution < 1.29 is 4.74 Å². The van der Waals surface area contributed by atoms with Gasteiger partial charge in [-0.05, 0) is 24.8 Å². The smallest absolute Gasteiger partial charge is 0.0640 e. The molecule has 1 atom stereocenters. The average molecular weight is 209 g/mol. The van der Waals surface area contributed by atoms with E-state index in [1.165, 1.54) is 0 Å². The second-order valence-corrected chi connectivity index (χ2v) is 4.30. The maximum Gasteiger partial charge on any atom is 0.0640 e. The summed E-state index contributed by atoms with van der Waals surface area (Å²) in [6.07, 6.45) is 5.03. The van der Waals surface area contributed by atoms with Crippen LogP contribution in [0.25, 0.3) is 0 Å². The average Bonchev–Trinajstić information content (AvgIpc) is 2.65. The lowest BCUT2D eigenvalue weighted by atomic mass is 9.90. The normalized spacial score (nSPS) is 20.4. The fraction of sp³-hybridized carbons (Fsp3) is 0.727. The van der Waals surface area contributed by atoms with Crippen LogP contribution in [0.4, 0.5) is 0 Å². The van der Waals surface area contributed by atoms with Crippen molar-refractivity contribution >= 4 is 0 Å². The molecule has 1 unspecified atom stereocenters. The van der Waals surface area contributed by atoms with E-state index in [9.17, 15) is 0 Å². The molecule has 1 aliphatic rings. The molecule has 84 valence electrons. The summed E-state index contributed by atoms with van der Waals surface area (Å²) in [7, 11) is 1.93. The second-order valence-electron chi connectivity index (χ2n) is 4.30. The van der Waals surface area contributed by atoms with Crippen LogP contribution < -0.4 is 5.73 Å². The van der Waals surface area contributed by atoms with E-state index in [1.54, 1.807) is 0 Å². The van der Waals surface area contributed by atoms with Crippen LogP contribution in [0.3, 0.4) is 0 Å². The van der Waals surface area contributed by atoms with Crippen LogP contribution in [-0.2, 0) is 18.2 Å². The van der Waals surface area contributed by atoms with E-state index in [0.29, 0.717) is 5.92 Å². The molecule has 0 radical (unpaired) electrons. The summed E-state index contributed by atoms with van der Waals surface area (Å²) in [5.41, 5.74) is 7.28. The molecule has 0 aromatic carbocycles. The summed E-state index contributed by atoms with van der Waals surface area (Å²) in [4.78, 5) is 0. The molecule has 1 saturated heterocycles. The van der Waals surface area contributed by atoms with Crippen molar-refractivity contribution in [3.05, 3.63) is 18.0 Å². The minimum absolute atomic E-state index is 0.226. The molecule has 1 aromatic heterocycles. The Hall–Kier alpha value is -0.870. The third-order valence-electron chi connectivity index (χ3n) is 3.09. The lowest BCUT2D eigenvalue weighted by Gasteiger charge is -2.27. The van der Waals surface area contributed by atoms with Crippen LogP contribution in [0, 0.1) is 5.92 Å². The highest BCUT2D eigenvalue weighted by atomic mass is 16.5. The van der Waals surface area contributed by atoms with Gasteiger partial charge < -0.3 is 10.5 Å². The van der Waals surface area contributed by atoms with Crippen molar-refractivity contribution in [2.75, 3.05) is 13.2 Å². The van der Waals surface area contributed by atoms with Gasteiger partial charge in [0, 0.05) is 38.9 Å². The zero-order valence-corrected chi connectivity index (χ0v) is 9.22. The van der Waals surface area contributed by atoms with Gasteiger partial charge in [0.15, 0.2) is 0 Å². The Morgan fingerprint density at radius 1 is 1.60 bits per heavy atom. The molecule has 1 aromatic rings. The minimum Gasteiger partial charge on any atom is -0.381 e. The van der Waals surface area contributed by atoms with Crippen molar-refractivity contribution in [1.82, 2.24) is 9.78 Å². The molecule has 15 heavy (non-hydrogen) atoms. The highest BCUT2D eigenvalue weighted by Crippen LogP contribution is 2.19. The van der Waals surface area contributed by atoms with Crippen molar-refractivity contribution in [3.63, 3.8) is 0 Å². The highest BCUT2D eigenvalue weighted by molar-refractivity contribution is 5.01. The number of rotatable bonds is 3. The predicted molar refractivity (Wildman–Crippen MR) is 58.4 cm³/mol. The minimum atomic E-state index is 0.226. The number of ether oxygens (including phenoxy) is 1. The third kappa shape index (κ3) is 2.79. The first kappa shape index (κ1) is 10.6. The Labute approximate surface area is 90.4 Å². The van der Waals surface area contributed by atoms with E-state index in [2.05, 4.69) is 5.10 Å². The second kappa shape index (κ2) is 4.77. The summed E-state index contributed by atoms with van der Waals surface area (Å²) in [5.74, 6) is 0.598. The number of nitrogens with two attached hydrogens (primary N) is 1. The Bertz CT molecular complexity index is 305. The van der Waals surface area contributed by atoms with Gasteiger partial charge in [0.25, 0.3) is 0 Å². The summed E-state index contributed by atoms with van der Waals surface area (Å²) in [6, 6.07) is 2.27. The van der Waals surface area contributed by atoms with Crippen LogP contribution >= 0.6 is 0 Å². The predicted octanol–water partition coefficient (Wildman–Crippen LogP) is 0.716. The molecule has 0 bridgehead atoms. The van der Waals surface area contributed by atoms with Crippen molar-refractivity contribution in [2.24, 2.45) is 18.7 Å². The Kier molecular flexibility index (Phi) is 3.38. The molecule has 0 aliphatic carbocycles. The van der Waals surface area contributed by atoms with Crippen molar-refractivity contribution in [1.29, 1.82) is 0 Å². The summed E-state index contributed by atoms with van der Waals surface area (Å²) in [6.45, 7) is 1.72. The Morgan fingerprint density at radius 3 is 2.93 bits per heavy atom. The van der Waals surface area contributed by atoms with Crippen LogP contribution in [0.1, 0.15) is 18.5 Å². The summed E-state index contributed by atoms with van der Waals surface area (Å²) >= 11 is 0. The first-order valence-electron chi connectivity index (χ1n) is 5.57. The van der Waals surface area contributed by atoms with Gasteiger partial charge in [-0.3, -0.25) is 4.68 Å². The lowest BCUT2D eigenvalue weighted by Crippen LogP contribution is -2.36. The number of hydrogen-bond acceptors (Lipinski definition) is 3. The topological polar surface area (TPSA) is 53.1 Å². The molecule has 0 saturated carbocycles. The monoisotopic (exact) mass is 209 g/mol. The lowest BCUT2D eigenvalue weighted by molar-refractivity contribution is 0.0584. The SMILES string of the molecule is Cn1ccc(CC(N)C2CCOCC2)n1. The molecule has 2 N–H and O–H groups in total. The van der Waals surface area contributed by atoms with Gasteiger partial charge >= 0.3 is 0 Å². The summed E-state index contributed by atoms with van der Waals surface area (Å²) in [5, 5.41) is 4.35. The first-order valence-corrected chi connectivity index (χ1v) is 5.57. The van der Waals surface area contributed by atoms with Crippen LogP contribution in [-0.4, -0.2) is 29.0 Å². The van der Waals surface area contributed by atoms with E-state index >= 15 is 0 Å². The highest BCUT2D eigenvalue weighted by Gasteiger charge is 2.21. The van der Waals surface area contributed by atoms with E-state index < -0.39 is 0 Å². The van der Waals surface area contributed by atoms with Gasteiger partial charge in [-0.15, -0.1) is 0 Å². The third-order valence-corrected chi connectivity index (χ3v) is 3.09. The van der Waals surface area contributed by atoms with Crippen molar-refractivity contribution in [3.8, 4) is 0 Å². The van der Waals surface area contributed by atoms with E-state index in [0.717, 1.165) is 38.2 Å². The maximum atomic E-state index is 6.18. The fourth-order valence-corrected chi connectivity index (χ4v) is 2.12. The molecular weight excluding hydrogens is 190 g/mol. The van der Waals surface area contributed by atoms with Gasteiger partial charge in [0.2, 0.25) is 0 Å². The zero-order chi connectivity index (χ0) is 10.7. The number of aryl methyl sites for hydroxylation is 1. The van der Waals surface area contributed by atoms with E-state index in [-0.39, 0.29) is 6.04 Å². The van der Waals surface area contributed by atoms with Gasteiger partial charge in [-0.2, -0.15) is 5.10 Å². The molecule has 1 aliphatic heterocycles. The molecular formula is C11H19N3O. The molecule has 4 nitrogen and oxygen atoms in total. The Morgan fingerprint density at radius 2 is 2.33 bits per heavy atom. The van der Waals surface area contributed by atoms with Gasteiger partial charge in [-0.1, -0.05) is 0 Å². The van der Waals surface area contributed by atoms with Gasteiger partial charge in [0.05, 0.1) is 5.69 Å². The molecule has 0 spiro atoms. The van der Waals surface area contributed by atoms with Gasteiger partial charge in [-0.25, -0.2) is 0 Å². The molecule has 2 heterocycles. The first-order chi connectivity index (χ1) is 7.25. The van der Waals surface area contributed by atoms with Crippen molar-refractivity contribution in [2.45, 2.75) is 25.3 Å². The van der Waals surface area contributed by atoms with E-state index in [4.69, 9.17) is 10.5 Å². The molecule has 1 fully saturated rings.